The quantitative estimate of drug-likeness (QED) is 0.361. The molecule has 0 aliphatic heterocycles. The summed E-state index contributed by atoms with van der Waals surface area (Å²) in [4.78, 5) is 12.4. The van der Waals surface area contributed by atoms with Crippen LogP contribution in [0.4, 0.5) is 0 Å². The first kappa shape index (κ1) is 11.1. The van der Waals surface area contributed by atoms with Crippen LogP contribution in [0, 0.1) is 0 Å². The first-order chi connectivity index (χ1) is 5.56. The third kappa shape index (κ3) is 5.88. The number of aliphatic hydroxyl groups is 1. The molecular formula is C8H15NO3. The molecule has 1 unspecified atom stereocenters. The van der Waals surface area contributed by atoms with Crippen molar-refractivity contribution in [1.29, 1.82) is 0 Å². The molecule has 1 atom stereocenters. The standard InChI is InChI=1S/C8H15NO3/c1-4-7(10)12-8(11)5-6-9(2)3/h4,8,11H,1,5-6H2,2-3H3. The molecular weight excluding hydrogens is 158 g/mol. The Morgan fingerprint density at radius 2 is 2.33 bits per heavy atom. The first-order valence-corrected chi connectivity index (χ1v) is 3.72. The number of ether oxygens (including phenoxy) is 1. The Bertz CT molecular complexity index is 156. The van der Waals surface area contributed by atoms with E-state index in [4.69, 9.17) is 5.11 Å². The molecule has 1 N–H and O–H groups in total. The molecule has 0 aromatic heterocycles. The van der Waals surface area contributed by atoms with Crippen molar-refractivity contribution < 1.29 is 14.6 Å². The van der Waals surface area contributed by atoms with E-state index in [1.807, 2.05) is 19.0 Å². The number of hydrogen-bond acceptors (Lipinski definition) is 4. The fourth-order valence-electron chi connectivity index (χ4n) is 0.610. The number of nitrogens with zero attached hydrogens (tertiary/aromatic N) is 1. The van der Waals surface area contributed by atoms with Crippen molar-refractivity contribution in [2.75, 3.05) is 20.6 Å². The zero-order valence-electron chi connectivity index (χ0n) is 7.49. The van der Waals surface area contributed by atoms with Gasteiger partial charge in [0.25, 0.3) is 0 Å². The van der Waals surface area contributed by atoms with Crippen molar-refractivity contribution in [3.8, 4) is 0 Å². The summed E-state index contributed by atoms with van der Waals surface area (Å²) in [5.74, 6) is -0.596. The highest BCUT2D eigenvalue weighted by Crippen LogP contribution is 1.95. The molecule has 4 nitrogen and oxygen atoms in total. The van der Waals surface area contributed by atoms with Crippen molar-refractivity contribution in [3.05, 3.63) is 12.7 Å². The summed E-state index contributed by atoms with van der Waals surface area (Å²) in [7, 11) is 3.75. The van der Waals surface area contributed by atoms with Gasteiger partial charge in [-0.25, -0.2) is 4.79 Å². The second-order valence-electron chi connectivity index (χ2n) is 2.69. The number of rotatable bonds is 5. The summed E-state index contributed by atoms with van der Waals surface area (Å²) in [6.07, 6.45) is 0.406. The van der Waals surface area contributed by atoms with E-state index in [1.165, 1.54) is 0 Å². The van der Waals surface area contributed by atoms with Crippen LogP contribution < -0.4 is 0 Å². The fourth-order valence-corrected chi connectivity index (χ4v) is 0.610. The molecule has 0 spiro atoms. The van der Waals surface area contributed by atoms with E-state index in [2.05, 4.69) is 11.3 Å². The molecule has 0 bridgehead atoms. The Morgan fingerprint density at radius 3 is 2.75 bits per heavy atom. The van der Waals surface area contributed by atoms with E-state index in [0.29, 0.717) is 13.0 Å². The summed E-state index contributed by atoms with van der Waals surface area (Å²) in [6.45, 7) is 3.89. The Labute approximate surface area is 72.4 Å². The Balaban J connectivity index is 3.52. The predicted molar refractivity (Wildman–Crippen MR) is 45.5 cm³/mol. The van der Waals surface area contributed by atoms with Gasteiger partial charge in [0.1, 0.15) is 0 Å². The second kappa shape index (κ2) is 5.74. The highest BCUT2D eigenvalue weighted by atomic mass is 16.6. The Hall–Kier alpha value is -0.870. The van der Waals surface area contributed by atoms with Crippen LogP contribution in [0.3, 0.4) is 0 Å². The van der Waals surface area contributed by atoms with Gasteiger partial charge in [0, 0.05) is 19.0 Å². The lowest BCUT2D eigenvalue weighted by Gasteiger charge is -2.13. The molecule has 0 saturated carbocycles. The van der Waals surface area contributed by atoms with Gasteiger partial charge in [0.05, 0.1) is 0 Å². The number of carbonyl (C=O) groups is 1. The lowest BCUT2D eigenvalue weighted by atomic mass is 10.4. The van der Waals surface area contributed by atoms with Gasteiger partial charge in [-0.15, -0.1) is 0 Å². The lowest BCUT2D eigenvalue weighted by molar-refractivity contribution is -0.162. The predicted octanol–water partition coefficient (Wildman–Crippen LogP) is -0.0143. The number of aliphatic hydroxyl groups excluding tert-OH is 1. The van der Waals surface area contributed by atoms with Crippen LogP contribution in [0.2, 0.25) is 0 Å². The molecule has 0 fully saturated rings. The normalized spacial score (nSPS) is 12.7. The van der Waals surface area contributed by atoms with Gasteiger partial charge in [-0.1, -0.05) is 6.58 Å². The zero-order chi connectivity index (χ0) is 9.56. The van der Waals surface area contributed by atoms with E-state index in [-0.39, 0.29) is 0 Å². The number of esters is 1. The van der Waals surface area contributed by atoms with Crippen LogP contribution in [0.1, 0.15) is 6.42 Å². The summed E-state index contributed by atoms with van der Waals surface area (Å²) in [5, 5.41) is 9.08. The van der Waals surface area contributed by atoms with E-state index < -0.39 is 12.3 Å². The number of carbonyl (C=O) groups excluding carboxylic acids is 1. The van der Waals surface area contributed by atoms with Crippen molar-refractivity contribution in [2.24, 2.45) is 0 Å². The third-order valence-electron chi connectivity index (χ3n) is 1.24. The molecule has 0 radical (unpaired) electrons. The minimum atomic E-state index is -1.03. The van der Waals surface area contributed by atoms with Crippen molar-refractivity contribution in [1.82, 2.24) is 4.90 Å². The zero-order valence-corrected chi connectivity index (χ0v) is 7.49. The maximum atomic E-state index is 10.6. The molecule has 0 rings (SSSR count). The molecule has 0 saturated heterocycles. The highest BCUT2D eigenvalue weighted by Gasteiger charge is 2.07. The monoisotopic (exact) mass is 173 g/mol. The lowest BCUT2D eigenvalue weighted by Crippen LogP contribution is -2.23. The smallest absolute Gasteiger partial charge is 0.332 e. The maximum Gasteiger partial charge on any atom is 0.332 e. The van der Waals surface area contributed by atoms with Gasteiger partial charge in [0.15, 0.2) is 0 Å². The molecule has 0 aromatic carbocycles. The topological polar surface area (TPSA) is 49.8 Å². The minimum absolute atomic E-state index is 0.409. The average Bonchev–Trinajstić information content (AvgIpc) is 2.00. The van der Waals surface area contributed by atoms with Crippen molar-refractivity contribution in [2.45, 2.75) is 12.7 Å². The molecule has 0 aliphatic rings. The molecule has 0 heterocycles. The molecule has 12 heavy (non-hydrogen) atoms. The van der Waals surface area contributed by atoms with Gasteiger partial charge in [0.2, 0.25) is 6.29 Å². The van der Waals surface area contributed by atoms with E-state index in [0.717, 1.165) is 6.08 Å². The van der Waals surface area contributed by atoms with Crippen LogP contribution >= 0.6 is 0 Å². The van der Waals surface area contributed by atoms with Gasteiger partial charge in [-0.3, -0.25) is 0 Å². The summed E-state index contributed by atoms with van der Waals surface area (Å²) >= 11 is 0. The van der Waals surface area contributed by atoms with Gasteiger partial charge in [-0.2, -0.15) is 0 Å². The van der Waals surface area contributed by atoms with Crippen LogP contribution in [0.25, 0.3) is 0 Å². The van der Waals surface area contributed by atoms with E-state index in [9.17, 15) is 4.79 Å². The Morgan fingerprint density at radius 1 is 1.75 bits per heavy atom. The van der Waals surface area contributed by atoms with E-state index in [1.54, 1.807) is 0 Å². The van der Waals surface area contributed by atoms with Gasteiger partial charge in [-0.05, 0) is 14.1 Å². The van der Waals surface area contributed by atoms with Crippen LogP contribution in [0.15, 0.2) is 12.7 Å². The first-order valence-electron chi connectivity index (χ1n) is 3.72. The summed E-state index contributed by atoms with van der Waals surface area (Å²) < 4.78 is 4.52. The Kier molecular flexibility index (Phi) is 5.32. The van der Waals surface area contributed by atoms with Crippen molar-refractivity contribution >= 4 is 5.97 Å². The summed E-state index contributed by atoms with van der Waals surface area (Å²) in [5.41, 5.74) is 0. The van der Waals surface area contributed by atoms with Crippen molar-refractivity contribution in [3.63, 3.8) is 0 Å². The molecule has 0 aromatic rings. The van der Waals surface area contributed by atoms with E-state index >= 15 is 0 Å². The average molecular weight is 173 g/mol. The summed E-state index contributed by atoms with van der Waals surface area (Å²) in [6, 6.07) is 0. The molecule has 0 aliphatic carbocycles. The largest absolute Gasteiger partial charge is 0.433 e. The highest BCUT2D eigenvalue weighted by molar-refractivity contribution is 5.81. The minimum Gasteiger partial charge on any atom is -0.433 e. The van der Waals surface area contributed by atoms with Crippen LogP contribution in [-0.2, 0) is 9.53 Å². The molecule has 0 amide bonds. The molecule has 4 heteroatoms. The maximum absolute atomic E-state index is 10.6. The van der Waals surface area contributed by atoms with Crippen LogP contribution in [0.5, 0.6) is 0 Å². The van der Waals surface area contributed by atoms with Crippen LogP contribution in [-0.4, -0.2) is 42.9 Å². The van der Waals surface area contributed by atoms with Gasteiger partial charge < -0.3 is 14.7 Å². The fraction of sp³-hybridized carbons (Fsp3) is 0.625. The number of hydrogen-bond donors (Lipinski definition) is 1. The SMILES string of the molecule is C=CC(=O)OC(O)CCN(C)C. The molecule has 70 valence electrons. The third-order valence-corrected chi connectivity index (χ3v) is 1.24. The van der Waals surface area contributed by atoms with Gasteiger partial charge >= 0.3 is 5.97 Å². The second-order valence-corrected chi connectivity index (χ2v) is 2.69.